The minimum absolute atomic E-state index is 0.0153. The number of aliphatic hydroxyl groups is 1. The summed E-state index contributed by atoms with van der Waals surface area (Å²) in [5, 5.41) is 9.14. The molecule has 2 aromatic rings. The van der Waals surface area contributed by atoms with Crippen LogP contribution in [0.25, 0.3) is 11.0 Å². The number of hydrogen-bond acceptors (Lipinski definition) is 2. The molecule has 0 amide bonds. The summed E-state index contributed by atoms with van der Waals surface area (Å²) in [5.41, 5.74) is 0.531. The Morgan fingerprint density at radius 2 is 2.23 bits per heavy atom. The lowest BCUT2D eigenvalue weighted by atomic mass is 10.2. The number of furan rings is 1. The van der Waals surface area contributed by atoms with Gasteiger partial charge in [-0.3, -0.25) is 0 Å². The first-order chi connectivity index (χ1) is 6.31. The second-order valence-electron chi connectivity index (χ2n) is 2.84. The fraction of sp³-hybridized carbons (Fsp3) is 0.200. The van der Waals surface area contributed by atoms with Crippen LogP contribution in [0.4, 0.5) is 4.39 Å². The fourth-order valence-electron chi connectivity index (χ4n) is 1.31. The zero-order chi connectivity index (χ0) is 9.26. The predicted molar refractivity (Wildman–Crippen MR) is 47.0 cm³/mol. The van der Waals surface area contributed by atoms with Gasteiger partial charge in [0.05, 0.1) is 12.0 Å². The van der Waals surface area contributed by atoms with Crippen LogP contribution in [0, 0.1) is 5.82 Å². The molecule has 1 aromatic heterocycles. The van der Waals surface area contributed by atoms with Crippen LogP contribution in [0.2, 0.25) is 0 Å². The van der Waals surface area contributed by atoms with Gasteiger partial charge >= 0.3 is 0 Å². The van der Waals surface area contributed by atoms with E-state index in [4.69, 9.17) is 9.52 Å². The van der Waals surface area contributed by atoms with E-state index in [1.807, 2.05) is 0 Å². The molecule has 0 saturated heterocycles. The molecule has 1 aromatic carbocycles. The summed E-state index contributed by atoms with van der Waals surface area (Å²) in [6.45, 7) is 0.0153. The quantitative estimate of drug-likeness (QED) is 0.767. The van der Waals surface area contributed by atoms with Gasteiger partial charge in [-0.2, -0.15) is 0 Å². The van der Waals surface area contributed by atoms with Crippen LogP contribution in [0.5, 0.6) is 0 Å². The van der Waals surface area contributed by atoms with Crippen molar-refractivity contribution in [3.63, 3.8) is 0 Å². The maximum Gasteiger partial charge on any atom is 0.137 e. The third kappa shape index (κ3) is 1.42. The molecule has 0 atom stereocenters. The lowest BCUT2D eigenvalue weighted by Gasteiger charge is -1.88. The zero-order valence-corrected chi connectivity index (χ0v) is 6.96. The molecule has 0 spiro atoms. The number of benzene rings is 1. The molecule has 2 rings (SSSR count). The van der Waals surface area contributed by atoms with E-state index in [1.165, 1.54) is 6.07 Å². The molecule has 13 heavy (non-hydrogen) atoms. The van der Waals surface area contributed by atoms with Crippen molar-refractivity contribution >= 4 is 11.0 Å². The van der Waals surface area contributed by atoms with Crippen molar-refractivity contribution in [3.05, 3.63) is 35.8 Å². The monoisotopic (exact) mass is 180 g/mol. The Kier molecular flexibility index (Phi) is 2.02. The van der Waals surface area contributed by atoms with Crippen LogP contribution in [0.3, 0.4) is 0 Å². The molecule has 0 radical (unpaired) electrons. The van der Waals surface area contributed by atoms with Crippen LogP contribution in [-0.2, 0) is 6.42 Å². The Labute approximate surface area is 74.6 Å². The summed E-state index contributed by atoms with van der Waals surface area (Å²) in [7, 11) is 0. The maximum atomic E-state index is 13.1. The lowest BCUT2D eigenvalue weighted by Crippen LogP contribution is -1.85. The van der Waals surface area contributed by atoms with E-state index < -0.39 is 0 Å². The molecule has 3 heteroatoms. The number of aliphatic hydroxyl groups excluding tert-OH is 1. The third-order valence-electron chi connectivity index (χ3n) is 1.92. The van der Waals surface area contributed by atoms with E-state index in [0.29, 0.717) is 23.2 Å². The molecule has 1 heterocycles. The Balaban J connectivity index is 2.55. The highest BCUT2D eigenvalue weighted by molar-refractivity contribution is 5.78. The fourth-order valence-corrected chi connectivity index (χ4v) is 1.31. The molecule has 68 valence electrons. The van der Waals surface area contributed by atoms with Gasteiger partial charge in [-0.15, -0.1) is 0 Å². The smallest absolute Gasteiger partial charge is 0.137 e. The summed E-state index contributed by atoms with van der Waals surface area (Å²) in [6, 6.07) is 6.32. The number of fused-ring (bicyclic) bond motifs is 1. The van der Waals surface area contributed by atoms with Crippen LogP contribution >= 0.6 is 0 Å². The zero-order valence-electron chi connectivity index (χ0n) is 6.96. The normalized spacial score (nSPS) is 10.9. The first-order valence-electron chi connectivity index (χ1n) is 4.09. The molecular weight excluding hydrogens is 171 g/mol. The second kappa shape index (κ2) is 3.18. The van der Waals surface area contributed by atoms with Crippen LogP contribution < -0.4 is 0 Å². The standard InChI is InChI=1S/C10H9FO2/c11-9-2-1-3-10-8(9)6-7(13-10)4-5-12/h1-3,6,12H,4-5H2. The Morgan fingerprint density at radius 1 is 1.38 bits per heavy atom. The minimum Gasteiger partial charge on any atom is -0.461 e. The van der Waals surface area contributed by atoms with Crippen molar-refractivity contribution < 1.29 is 13.9 Å². The maximum absolute atomic E-state index is 13.1. The molecule has 0 bridgehead atoms. The van der Waals surface area contributed by atoms with Gasteiger partial charge in [0, 0.05) is 6.42 Å². The van der Waals surface area contributed by atoms with Gasteiger partial charge in [-0.25, -0.2) is 4.39 Å². The van der Waals surface area contributed by atoms with E-state index in [0.717, 1.165) is 0 Å². The second-order valence-corrected chi connectivity index (χ2v) is 2.84. The molecular formula is C10H9FO2. The molecule has 0 unspecified atom stereocenters. The SMILES string of the molecule is OCCc1cc2c(F)cccc2o1. The van der Waals surface area contributed by atoms with Gasteiger partial charge in [0.25, 0.3) is 0 Å². The lowest BCUT2D eigenvalue weighted by molar-refractivity contribution is 0.289. The Morgan fingerprint density at radius 3 is 2.92 bits per heavy atom. The summed E-state index contributed by atoms with van der Waals surface area (Å²) < 4.78 is 18.4. The summed E-state index contributed by atoms with van der Waals surface area (Å²) in [4.78, 5) is 0. The number of rotatable bonds is 2. The van der Waals surface area contributed by atoms with Crippen molar-refractivity contribution in [2.24, 2.45) is 0 Å². The van der Waals surface area contributed by atoms with Crippen LogP contribution in [0.1, 0.15) is 5.76 Å². The van der Waals surface area contributed by atoms with E-state index in [1.54, 1.807) is 18.2 Å². The number of halogens is 1. The molecule has 0 fully saturated rings. The molecule has 0 saturated carbocycles. The van der Waals surface area contributed by atoms with Gasteiger partial charge in [-0.1, -0.05) is 6.07 Å². The summed E-state index contributed by atoms with van der Waals surface area (Å²) in [5.74, 6) is 0.327. The highest BCUT2D eigenvalue weighted by Gasteiger charge is 2.06. The van der Waals surface area contributed by atoms with Gasteiger partial charge in [0.15, 0.2) is 0 Å². The van der Waals surface area contributed by atoms with Gasteiger partial charge < -0.3 is 9.52 Å². The first-order valence-corrected chi connectivity index (χ1v) is 4.09. The average molecular weight is 180 g/mol. The van der Waals surface area contributed by atoms with Crippen molar-refractivity contribution in [2.45, 2.75) is 6.42 Å². The summed E-state index contributed by atoms with van der Waals surface area (Å²) >= 11 is 0. The highest BCUT2D eigenvalue weighted by atomic mass is 19.1. The molecule has 2 nitrogen and oxygen atoms in total. The van der Waals surface area contributed by atoms with Crippen molar-refractivity contribution in [2.75, 3.05) is 6.61 Å². The Bertz CT molecular complexity index is 420. The predicted octanol–water partition coefficient (Wildman–Crippen LogP) is 2.11. The molecule has 1 N–H and O–H groups in total. The average Bonchev–Trinajstić information content (AvgIpc) is 2.49. The highest BCUT2D eigenvalue weighted by Crippen LogP contribution is 2.21. The van der Waals surface area contributed by atoms with E-state index in [2.05, 4.69) is 0 Å². The van der Waals surface area contributed by atoms with Crippen molar-refractivity contribution in [1.82, 2.24) is 0 Å². The third-order valence-corrected chi connectivity index (χ3v) is 1.92. The van der Waals surface area contributed by atoms with E-state index >= 15 is 0 Å². The van der Waals surface area contributed by atoms with Gasteiger partial charge in [0.1, 0.15) is 17.2 Å². The minimum atomic E-state index is -0.287. The van der Waals surface area contributed by atoms with Gasteiger partial charge in [0.2, 0.25) is 0 Å². The summed E-state index contributed by atoms with van der Waals surface area (Å²) in [6.07, 6.45) is 0.425. The Hall–Kier alpha value is -1.35. The molecule has 0 aliphatic rings. The van der Waals surface area contributed by atoms with Crippen molar-refractivity contribution in [1.29, 1.82) is 0 Å². The van der Waals surface area contributed by atoms with Crippen molar-refractivity contribution in [3.8, 4) is 0 Å². The van der Waals surface area contributed by atoms with E-state index in [-0.39, 0.29) is 12.4 Å². The number of hydrogen-bond donors (Lipinski definition) is 1. The molecule has 0 aliphatic carbocycles. The topological polar surface area (TPSA) is 33.4 Å². The first kappa shape index (κ1) is 8.26. The van der Waals surface area contributed by atoms with Crippen LogP contribution in [0.15, 0.2) is 28.7 Å². The van der Waals surface area contributed by atoms with Crippen LogP contribution in [-0.4, -0.2) is 11.7 Å². The van der Waals surface area contributed by atoms with E-state index in [9.17, 15) is 4.39 Å². The largest absolute Gasteiger partial charge is 0.461 e. The molecule has 0 aliphatic heterocycles. The van der Waals surface area contributed by atoms with Gasteiger partial charge in [-0.05, 0) is 18.2 Å².